The summed E-state index contributed by atoms with van der Waals surface area (Å²) in [5, 5.41) is 0. The molecule has 2 rings (SSSR count). The molecule has 0 spiro atoms. The van der Waals surface area contributed by atoms with Crippen molar-refractivity contribution in [2.24, 2.45) is 5.92 Å². The first-order chi connectivity index (χ1) is 6.05. The van der Waals surface area contributed by atoms with E-state index in [-0.39, 0.29) is 0 Å². The zero-order valence-electron chi connectivity index (χ0n) is 7.08. The van der Waals surface area contributed by atoms with Gasteiger partial charge in [0.1, 0.15) is 0 Å². The highest BCUT2D eigenvalue weighted by atomic mass is 19.3. The number of rotatable bonds is 0. The Kier molecular flexibility index (Phi) is 1.55. The van der Waals surface area contributed by atoms with Gasteiger partial charge in [-0.1, -0.05) is 24.3 Å². The molecule has 13 heavy (non-hydrogen) atoms. The molecule has 1 amide bonds. The minimum absolute atomic E-state index is 0.479. The summed E-state index contributed by atoms with van der Waals surface area (Å²) in [6.45, 7) is 0. The van der Waals surface area contributed by atoms with Crippen LogP contribution >= 0.6 is 0 Å². The molecule has 0 aromatic rings. The van der Waals surface area contributed by atoms with Gasteiger partial charge in [-0.05, 0) is 0 Å². The summed E-state index contributed by atoms with van der Waals surface area (Å²) in [6.07, 6.45) is 6.27. The van der Waals surface area contributed by atoms with Crippen LogP contribution in [0.15, 0.2) is 24.3 Å². The third kappa shape index (κ3) is 0.944. The van der Waals surface area contributed by atoms with E-state index >= 15 is 0 Å². The molecule has 0 aromatic carbocycles. The summed E-state index contributed by atoms with van der Waals surface area (Å²) in [6, 6.07) is -0.479. The van der Waals surface area contributed by atoms with Crippen LogP contribution in [0.4, 0.5) is 8.78 Å². The number of nitrogens with zero attached hydrogens (tertiary/aromatic N) is 1. The Balaban J connectivity index is 2.43. The first-order valence-electron chi connectivity index (χ1n) is 4.05. The van der Waals surface area contributed by atoms with E-state index in [0.717, 1.165) is 4.90 Å². The van der Waals surface area contributed by atoms with Gasteiger partial charge in [0.2, 0.25) is 0 Å². The Morgan fingerprint density at radius 1 is 1.38 bits per heavy atom. The zero-order chi connectivity index (χ0) is 9.64. The lowest BCUT2D eigenvalue weighted by Crippen LogP contribution is -2.32. The normalized spacial score (nSPS) is 35.3. The molecule has 1 aliphatic heterocycles. The number of likely N-dealkylation sites (N-methyl/N-ethyl adjacent to an activating group) is 1. The van der Waals surface area contributed by atoms with Gasteiger partial charge in [0, 0.05) is 7.05 Å². The number of hydrogen-bond acceptors (Lipinski definition) is 1. The molecule has 4 heteroatoms. The molecule has 1 aliphatic carbocycles. The highest BCUT2D eigenvalue weighted by Crippen LogP contribution is 2.40. The molecular formula is C9H9F2NO. The Morgan fingerprint density at radius 2 is 2.00 bits per heavy atom. The van der Waals surface area contributed by atoms with Gasteiger partial charge in [-0.25, -0.2) is 0 Å². The van der Waals surface area contributed by atoms with Crippen LogP contribution in [-0.2, 0) is 4.79 Å². The second-order valence-corrected chi connectivity index (χ2v) is 3.33. The molecular weight excluding hydrogens is 176 g/mol. The standard InChI is InChI=1S/C9H9F2NO/c1-12-7-5-3-2-4-6(7)9(10,11)8(12)13/h2-7H,1H3. The van der Waals surface area contributed by atoms with Crippen LogP contribution in [0.5, 0.6) is 0 Å². The van der Waals surface area contributed by atoms with Gasteiger partial charge in [-0.3, -0.25) is 4.79 Å². The SMILES string of the molecule is CN1C(=O)C(F)(F)C2C=CC=CC21. The summed E-state index contributed by atoms with van der Waals surface area (Å²) in [5.41, 5.74) is 0. The van der Waals surface area contributed by atoms with Crippen molar-refractivity contribution in [3.8, 4) is 0 Å². The molecule has 0 radical (unpaired) electrons. The highest BCUT2D eigenvalue weighted by Gasteiger charge is 2.58. The number of allylic oxidation sites excluding steroid dienone is 2. The molecule has 0 N–H and O–H groups in total. The van der Waals surface area contributed by atoms with Crippen LogP contribution in [0, 0.1) is 5.92 Å². The van der Waals surface area contributed by atoms with Crippen molar-refractivity contribution in [3.63, 3.8) is 0 Å². The van der Waals surface area contributed by atoms with Crippen LogP contribution in [0.3, 0.4) is 0 Å². The zero-order valence-corrected chi connectivity index (χ0v) is 7.08. The Morgan fingerprint density at radius 3 is 2.62 bits per heavy atom. The molecule has 2 unspecified atom stereocenters. The van der Waals surface area contributed by atoms with Crippen molar-refractivity contribution in [3.05, 3.63) is 24.3 Å². The lowest BCUT2D eigenvalue weighted by molar-refractivity contribution is -0.148. The predicted molar refractivity (Wildman–Crippen MR) is 43.3 cm³/mol. The number of carbonyl (C=O) groups excluding carboxylic acids is 1. The van der Waals surface area contributed by atoms with E-state index in [2.05, 4.69) is 0 Å². The maximum Gasteiger partial charge on any atom is 0.333 e. The van der Waals surface area contributed by atoms with Gasteiger partial charge in [-0.2, -0.15) is 8.78 Å². The second kappa shape index (κ2) is 2.40. The molecule has 2 aliphatic rings. The molecule has 0 saturated carbocycles. The number of amides is 1. The molecule has 1 saturated heterocycles. The number of halogens is 2. The molecule has 0 bridgehead atoms. The Bertz CT molecular complexity index is 309. The predicted octanol–water partition coefficient (Wildman–Crippen LogP) is 1.20. The highest BCUT2D eigenvalue weighted by molar-refractivity contribution is 5.87. The van der Waals surface area contributed by atoms with Crippen LogP contribution < -0.4 is 0 Å². The third-order valence-corrected chi connectivity index (χ3v) is 2.58. The maximum atomic E-state index is 13.2. The lowest BCUT2D eigenvalue weighted by Gasteiger charge is -2.20. The first-order valence-corrected chi connectivity index (χ1v) is 4.05. The van der Waals surface area contributed by atoms with Gasteiger partial charge in [-0.15, -0.1) is 0 Å². The fraction of sp³-hybridized carbons (Fsp3) is 0.444. The smallest absolute Gasteiger partial charge is 0.333 e. The van der Waals surface area contributed by atoms with E-state index in [1.165, 1.54) is 13.1 Å². The third-order valence-electron chi connectivity index (χ3n) is 2.58. The molecule has 1 fully saturated rings. The summed E-state index contributed by atoms with van der Waals surface area (Å²) in [4.78, 5) is 12.2. The fourth-order valence-electron chi connectivity index (χ4n) is 1.81. The Hall–Kier alpha value is -1.19. The van der Waals surface area contributed by atoms with Crippen LogP contribution in [0.1, 0.15) is 0 Å². The molecule has 0 aromatic heterocycles. The van der Waals surface area contributed by atoms with Crippen LogP contribution in [-0.4, -0.2) is 29.8 Å². The van der Waals surface area contributed by atoms with E-state index < -0.39 is 23.8 Å². The number of likely N-dealkylation sites (tertiary alicyclic amines) is 1. The van der Waals surface area contributed by atoms with E-state index in [4.69, 9.17) is 0 Å². The lowest BCUT2D eigenvalue weighted by atomic mass is 9.93. The largest absolute Gasteiger partial charge is 0.333 e. The van der Waals surface area contributed by atoms with E-state index in [0.29, 0.717) is 0 Å². The van der Waals surface area contributed by atoms with Gasteiger partial charge < -0.3 is 4.90 Å². The van der Waals surface area contributed by atoms with Crippen molar-refractivity contribution in [1.29, 1.82) is 0 Å². The summed E-state index contributed by atoms with van der Waals surface area (Å²) in [5.74, 6) is -5.31. The molecule has 2 nitrogen and oxygen atoms in total. The summed E-state index contributed by atoms with van der Waals surface area (Å²) >= 11 is 0. The minimum atomic E-state index is -3.24. The quantitative estimate of drug-likeness (QED) is 0.555. The van der Waals surface area contributed by atoms with Gasteiger partial charge in [0.25, 0.3) is 5.91 Å². The average Bonchev–Trinajstić information content (AvgIpc) is 2.30. The van der Waals surface area contributed by atoms with Gasteiger partial charge >= 0.3 is 5.92 Å². The van der Waals surface area contributed by atoms with Crippen molar-refractivity contribution in [1.82, 2.24) is 4.90 Å². The first kappa shape index (κ1) is 8.41. The maximum absolute atomic E-state index is 13.2. The van der Waals surface area contributed by atoms with Crippen molar-refractivity contribution in [2.45, 2.75) is 12.0 Å². The second-order valence-electron chi connectivity index (χ2n) is 3.33. The summed E-state index contributed by atoms with van der Waals surface area (Å²) < 4.78 is 26.5. The van der Waals surface area contributed by atoms with E-state index in [1.54, 1.807) is 18.2 Å². The fourth-order valence-corrected chi connectivity index (χ4v) is 1.81. The minimum Gasteiger partial charge on any atom is -0.333 e. The van der Waals surface area contributed by atoms with Crippen molar-refractivity contribution < 1.29 is 13.6 Å². The van der Waals surface area contributed by atoms with E-state index in [1.807, 2.05) is 0 Å². The topological polar surface area (TPSA) is 20.3 Å². The summed E-state index contributed by atoms with van der Waals surface area (Å²) in [7, 11) is 1.41. The molecule has 70 valence electrons. The van der Waals surface area contributed by atoms with Crippen molar-refractivity contribution in [2.75, 3.05) is 7.05 Å². The van der Waals surface area contributed by atoms with Gasteiger partial charge in [0.05, 0.1) is 12.0 Å². The van der Waals surface area contributed by atoms with Crippen LogP contribution in [0.25, 0.3) is 0 Å². The average molecular weight is 185 g/mol. The Labute approximate surface area is 74.5 Å². The van der Waals surface area contributed by atoms with Gasteiger partial charge in [0.15, 0.2) is 0 Å². The number of carbonyl (C=O) groups is 1. The number of hydrogen-bond donors (Lipinski definition) is 0. The monoisotopic (exact) mass is 185 g/mol. The molecule has 2 atom stereocenters. The van der Waals surface area contributed by atoms with Crippen molar-refractivity contribution >= 4 is 5.91 Å². The van der Waals surface area contributed by atoms with Crippen LogP contribution in [0.2, 0.25) is 0 Å². The number of alkyl halides is 2. The molecule has 1 heterocycles. The number of fused-ring (bicyclic) bond motifs is 1. The van der Waals surface area contributed by atoms with E-state index in [9.17, 15) is 13.6 Å².